The van der Waals surface area contributed by atoms with E-state index >= 15 is 0 Å². The number of carbonyl (C=O) groups is 1. The molecular weight excluding hydrogens is 424 g/mol. The first-order valence-electron chi connectivity index (χ1n) is 11.0. The molecule has 0 radical (unpaired) electrons. The number of aryl methyl sites for hydroxylation is 3. The summed E-state index contributed by atoms with van der Waals surface area (Å²) >= 11 is 0. The van der Waals surface area contributed by atoms with Crippen LogP contribution in [0.5, 0.6) is 0 Å². The molecule has 0 atom stereocenters. The fourth-order valence-electron chi connectivity index (χ4n) is 3.94. The summed E-state index contributed by atoms with van der Waals surface area (Å²) in [6.45, 7) is 9.20. The van der Waals surface area contributed by atoms with Crippen LogP contribution in [0.25, 0.3) is 11.0 Å². The van der Waals surface area contributed by atoms with Crippen molar-refractivity contribution in [3.8, 4) is 0 Å². The van der Waals surface area contributed by atoms with Crippen molar-refractivity contribution in [2.45, 2.75) is 52.0 Å². The highest BCUT2D eigenvalue weighted by Crippen LogP contribution is 2.24. The molecule has 0 aliphatic carbocycles. The monoisotopic (exact) mass is 456 g/mol. The van der Waals surface area contributed by atoms with E-state index in [1.807, 2.05) is 62.6 Å². The molecule has 1 heterocycles. The molecule has 3 aromatic rings. The summed E-state index contributed by atoms with van der Waals surface area (Å²) in [5.41, 5.74) is 3.48. The summed E-state index contributed by atoms with van der Waals surface area (Å²) in [6.07, 6.45) is 0.800. The highest BCUT2D eigenvalue weighted by atomic mass is 32.2. The van der Waals surface area contributed by atoms with Crippen LogP contribution in [0.2, 0.25) is 0 Å². The van der Waals surface area contributed by atoms with E-state index in [2.05, 4.69) is 0 Å². The van der Waals surface area contributed by atoms with Gasteiger partial charge in [-0.3, -0.25) is 4.79 Å². The second-order valence-corrected chi connectivity index (χ2v) is 9.74. The molecule has 0 saturated heterocycles. The maximum atomic E-state index is 12.9. The molecule has 0 fully saturated rings. The lowest BCUT2D eigenvalue weighted by Crippen LogP contribution is -2.30. The van der Waals surface area contributed by atoms with Gasteiger partial charge in [-0.05, 0) is 49.7 Å². The number of imidazole rings is 1. The zero-order chi connectivity index (χ0) is 23.5. The van der Waals surface area contributed by atoms with Crippen molar-refractivity contribution in [2.75, 3.05) is 25.0 Å². The van der Waals surface area contributed by atoms with Crippen molar-refractivity contribution in [1.29, 1.82) is 0 Å². The van der Waals surface area contributed by atoms with Gasteiger partial charge >= 0.3 is 0 Å². The zero-order valence-electron chi connectivity index (χ0n) is 19.5. The normalized spacial score (nSPS) is 11.9. The third-order valence-electron chi connectivity index (χ3n) is 5.78. The van der Waals surface area contributed by atoms with E-state index < -0.39 is 10.0 Å². The lowest BCUT2D eigenvalue weighted by atomic mass is 10.2. The Morgan fingerprint density at radius 3 is 2.41 bits per heavy atom. The van der Waals surface area contributed by atoms with Crippen molar-refractivity contribution >= 4 is 32.7 Å². The van der Waals surface area contributed by atoms with Crippen LogP contribution in [-0.4, -0.2) is 48.3 Å². The largest absolute Gasteiger partial charge is 0.328 e. The first-order valence-corrected chi connectivity index (χ1v) is 12.5. The highest BCUT2D eigenvalue weighted by molar-refractivity contribution is 7.89. The number of fused-ring (bicyclic) bond motifs is 1. The quantitative estimate of drug-likeness (QED) is 0.488. The van der Waals surface area contributed by atoms with Gasteiger partial charge in [0.05, 0.1) is 15.9 Å². The van der Waals surface area contributed by atoms with Crippen LogP contribution in [0.4, 0.5) is 5.69 Å². The Balaban J connectivity index is 1.85. The lowest BCUT2D eigenvalue weighted by Gasteiger charge is -2.18. The van der Waals surface area contributed by atoms with Gasteiger partial charge < -0.3 is 9.47 Å². The minimum absolute atomic E-state index is 0.00936. The van der Waals surface area contributed by atoms with Gasteiger partial charge in [-0.1, -0.05) is 26.0 Å². The number of hydrogen-bond donors (Lipinski definition) is 0. The maximum absolute atomic E-state index is 12.9. The van der Waals surface area contributed by atoms with E-state index in [-0.39, 0.29) is 10.8 Å². The minimum Gasteiger partial charge on any atom is -0.328 e. The fourth-order valence-corrected chi connectivity index (χ4v) is 5.42. The van der Waals surface area contributed by atoms with Crippen molar-refractivity contribution < 1.29 is 13.2 Å². The number of nitrogens with zero attached hydrogens (tertiary/aromatic N) is 4. The Kier molecular flexibility index (Phi) is 7.36. The van der Waals surface area contributed by atoms with Crippen LogP contribution in [0.1, 0.15) is 38.6 Å². The van der Waals surface area contributed by atoms with E-state index in [1.54, 1.807) is 24.1 Å². The molecule has 0 bridgehead atoms. The molecule has 8 heteroatoms. The number of anilines is 1. The van der Waals surface area contributed by atoms with Crippen molar-refractivity contribution in [3.05, 3.63) is 53.9 Å². The van der Waals surface area contributed by atoms with E-state index in [0.717, 1.165) is 22.6 Å². The first-order chi connectivity index (χ1) is 15.2. The van der Waals surface area contributed by atoms with Crippen LogP contribution in [0, 0.1) is 6.92 Å². The van der Waals surface area contributed by atoms with Crippen molar-refractivity contribution in [3.63, 3.8) is 0 Å². The van der Waals surface area contributed by atoms with Gasteiger partial charge in [-0.15, -0.1) is 0 Å². The Morgan fingerprint density at radius 2 is 1.78 bits per heavy atom. The van der Waals surface area contributed by atoms with Gasteiger partial charge in [0.1, 0.15) is 5.82 Å². The molecule has 3 rings (SSSR count). The molecule has 7 nitrogen and oxygen atoms in total. The smallest absolute Gasteiger partial charge is 0.243 e. The predicted octanol–water partition coefficient (Wildman–Crippen LogP) is 3.99. The summed E-state index contributed by atoms with van der Waals surface area (Å²) in [5.74, 6) is 0.793. The summed E-state index contributed by atoms with van der Waals surface area (Å²) < 4.78 is 29.3. The van der Waals surface area contributed by atoms with Crippen LogP contribution in [0.15, 0.2) is 47.4 Å². The molecule has 0 saturated carbocycles. The third kappa shape index (κ3) is 4.71. The average molecular weight is 457 g/mol. The molecule has 1 amide bonds. The van der Waals surface area contributed by atoms with Crippen molar-refractivity contribution in [1.82, 2.24) is 13.9 Å². The number of benzene rings is 2. The van der Waals surface area contributed by atoms with Gasteiger partial charge in [0.2, 0.25) is 15.9 Å². The molecule has 0 unspecified atom stereocenters. The molecule has 32 heavy (non-hydrogen) atoms. The Bertz CT molecular complexity index is 1210. The van der Waals surface area contributed by atoms with E-state index in [1.165, 1.54) is 4.31 Å². The molecule has 1 aromatic heterocycles. The van der Waals surface area contributed by atoms with Crippen LogP contribution >= 0.6 is 0 Å². The second kappa shape index (κ2) is 9.83. The molecule has 172 valence electrons. The van der Waals surface area contributed by atoms with Gasteiger partial charge in [0.25, 0.3) is 0 Å². The topological polar surface area (TPSA) is 75.5 Å². The summed E-state index contributed by atoms with van der Waals surface area (Å²) in [7, 11) is -1.77. The Labute approximate surface area is 190 Å². The predicted molar refractivity (Wildman–Crippen MR) is 128 cm³/mol. The average Bonchev–Trinajstić information content (AvgIpc) is 3.14. The number of sulfonamides is 1. The zero-order valence-corrected chi connectivity index (χ0v) is 20.3. The number of aromatic nitrogens is 2. The van der Waals surface area contributed by atoms with Gasteiger partial charge in [0, 0.05) is 45.2 Å². The summed E-state index contributed by atoms with van der Waals surface area (Å²) in [4.78, 5) is 19.4. The van der Waals surface area contributed by atoms with Crippen molar-refractivity contribution in [2.24, 2.45) is 0 Å². The summed E-state index contributed by atoms with van der Waals surface area (Å²) in [6, 6.07) is 12.9. The molecule has 0 aliphatic heterocycles. The molecular formula is C24H32N4O3S. The SMILES string of the molecule is CCN(CC)S(=O)(=O)c1ccc2c(c1)nc(CCC(=O)N(C)c1cccc(C)c1)n2CC. The van der Waals surface area contributed by atoms with E-state index in [9.17, 15) is 13.2 Å². The first kappa shape index (κ1) is 23.9. The van der Waals surface area contributed by atoms with Gasteiger partial charge in [0.15, 0.2) is 0 Å². The third-order valence-corrected chi connectivity index (χ3v) is 7.83. The Morgan fingerprint density at radius 1 is 1.06 bits per heavy atom. The van der Waals surface area contributed by atoms with Crippen LogP contribution < -0.4 is 4.90 Å². The van der Waals surface area contributed by atoms with Gasteiger partial charge in [-0.25, -0.2) is 13.4 Å². The van der Waals surface area contributed by atoms with Gasteiger partial charge in [-0.2, -0.15) is 4.31 Å². The van der Waals surface area contributed by atoms with Crippen LogP contribution in [-0.2, 0) is 27.8 Å². The minimum atomic E-state index is -3.55. The number of hydrogen-bond acceptors (Lipinski definition) is 4. The van der Waals surface area contributed by atoms with E-state index in [0.29, 0.717) is 38.0 Å². The molecule has 0 spiro atoms. The fraction of sp³-hybridized carbons (Fsp3) is 0.417. The highest BCUT2D eigenvalue weighted by Gasteiger charge is 2.23. The number of carbonyl (C=O) groups excluding carboxylic acids is 1. The van der Waals surface area contributed by atoms with E-state index in [4.69, 9.17) is 4.98 Å². The lowest BCUT2D eigenvalue weighted by molar-refractivity contribution is -0.118. The molecule has 2 aromatic carbocycles. The molecule has 0 N–H and O–H groups in total. The second-order valence-electron chi connectivity index (χ2n) is 7.80. The Hall–Kier alpha value is -2.71. The number of amides is 1. The number of rotatable bonds is 9. The standard InChI is InChI=1S/C24H32N4O3S/c1-6-27(7-2)32(30,31)20-12-13-22-21(17-20)25-23(28(22)8-3)14-15-24(29)26(5)19-11-9-10-18(4)16-19/h9-13,16-17H,6-8,14-15H2,1-5H3. The van der Waals surface area contributed by atoms with Crippen LogP contribution in [0.3, 0.4) is 0 Å². The maximum Gasteiger partial charge on any atom is 0.243 e. The summed E-state index contributed by atoms with van der Waals surface area (Å²) in [5, 5.41) is 0. The molecule has 0 aliphatic rings.